The lowest BCUT2D eigenvalue weighted by atomic mass is 10.1. The highest BCUT2D eigenvalue weighted by Crippen LogP contribution is 2.26. The molecule has 3 N–H and O–H groups in total. The van der Waals surface area contributed by atoms with Gasteiger partial charge in [0, 0.05) is 48.7 Å². The number of nitrogens with zero attached hydrogens (tertiary/aromatic N) is 4. The van der Waals surface area contributed by atoms with Crippen LogP contribution in [0.25, 0.3) is 11.3 Å². The number of aromatic nitrogens is 3. The number of ether oxygens (including phenoxy) is 2. The fourth-order valence-electron chi connectivity index (χ4n) is 4.48. The number of nitrogens with two attached hydrogens (primary N) is 1. The van der Waals surface area contributed by atoms with Crippen molar-refractivity contribution in [3.63, 3.8) is 0 Å². The minimum absolute atomic E-state index is 0.126. The Morgan fingerprint density at radius 2 is 1.89 bits per heavy atom. The summed E-state index contributed by atoms with van der Waals surface area (Å²) in [5.41, 5.74) is 9.51. The average molecular weight is 475 g/mol. The molecule has 4 heterocycles. The van der Waals surface area contributed by atoms with E-state index in [0.717, 1.165) is 61.6 Å². The lowest BCUT2D eigenvalue weighted by molar-refractivity contribution is 0.0988. The van der Waals surface area contributed by atoms with Crippen LogP contribution in [0.2, 0.25) is 0 Å². The minimum Gasteiger partial charge on any atom is -0.490 e. The van der Waals surface area contributed by atoms with Crippen LogP contribution in [0, 0.1) is 0 Å². The second-order valence-corrected chi connectivity index (χ2v) is 8.78. The van der Waals surface area contributed by atoms with Crippen LogP contribution >= 0.6 is 0 Å². The fraction of sp³-hybridized carbons (Fsp3) is 0.385. The minimum atomic E-state index is -0.190. The molecule has 0 atom stereocenters. The lowest BCUT2D eigenvalue weighted by Gasteiger charge is -2.30. The summed E-state index contributed by atoms with van der Waals surface area (Å²) in [6, 6.07) is 9.67. The van der Waals surface area contributed by atoms with E-state index in [4.69, 9.17) is 15.2 Å². The summed E-state index contributed by atoms with van der Waals surface area (Å²) in [7, 11) is 0. The van der Waals surface area contributed by atoms with Crippen LogP contribution in [0.1, 0.15) is 28.9 Å². The van der Waals surface area contributed by atoms with Crippen LogP contribution < -0.4 is 20.7 Å². The van der Waals surface area contributed by atoms with Crippen LogP contribution in [0.5, 0.6) is 5.75 Å². The standard InChI is InChI=1S/C26H30N6O3/c27-26-25(24(33)15-19-16-29-10-7-23(19)32-11-13-34-14-12-32)31-22(17-30-26)18-1-3-20(4-2-18)35-21-5-8-28-9-6-21/h1-4,7,10,16-17,21,28H,5-6,8-9,11-15H2,(H2,27,30). The number of morpholine rings is 1. The van der Waals surface area contributed by atoms with Crippen molar-refractivity contribution in [2.75, 3.05) is 50.0 Å². The van der Waals surface area contributed by atoms with Gasteiger partial charge >= 0.3 is 0 Å². The summed E-state index contributed by atoms with van der Waals surface area (Å²) in [6.45, 7) is 4.84. The van der Waals surface area contributed by atoms with E-state index in [1.165, 1.54) is 0 Å². The van der Waals surface area contributed by atoms with Gasteiger partial charge in [0.2, 0.25) is 0 Å². The van der Waals surface area contributed by atoms with Crippen molar-refractivity contribution in [1.82, 2.24) is 20.3 Å². The highest BCUT2D eigenvalue weighted by Gasteiger charge is 2.20. The third-order valence-corrected chi connectivity index (χ3v) is 6.38. The number of nitrogens with one attached hydrogen (secondary N) is 1. The quantitative estimate of drug-likeness (QED) is 0.498. The average Bonchev–Trinajstić information content (AvgIpc) is 2.91. The third-order valence-electron chi connectivity index (χ3n) is 6.38. The van der Waals surface area contributed by atoms with Crippen LogP contribution in [-0.2, 0) is 11.2 Å². The van der Waals surface area contributed by atoms with Crippen molar-refractivity contribution in [2.24, 2.45) is 0 Å². The molecule has 2 fully saturated rings. The van der Waals surface area contributed by atoms with E-state index in [9.17, 15) is 4.79 Å². The van der Waals surface area contributed by atoms with Gasteiger partial charge in [-0.1, -0.05) is 0 Å². The van der Waals surface area contributed by atoms with Gasteiger partial charge in [-0.25, -0.2) is 9.97 Å². The predicted octanol–water partition coefficient (Wildman–Crippen LogP) is 2.51. The van der Waals surface area contributed by atoms with Crippen LogP contribution in [0.4, 0.5) is 11.5 Å². The largest absolute Gasteiger partial charge is 0.490 e. The second-order valence-electron chi connectivity index (χ2n) is 8.78. The number of carbonyl (C=O) groups excluding carboxylic acids is 1. The number of Topliss-reactive ketones (excluding diaryl/α,β-unsaturated/α-hetero) is 1. The molecule has 9 heteroatoms. The third kappa shape index (κ3) is 5.58. The summed E-state index contributed by atoms with van der Waals surface area (Å²) in [5.74, 6) is 0.763. The van der Waals surface area contributed by atoms with Gasteiger partial charge in [-0.2, -0.15) is 0 Å². The normalized spacial score (nSPS) is 16.7. The van der Waals surface area contributed by atoms with E-state index >= 15 is 0 Å². The molecule has 0 saturated carbocycles. The molecule has 9 nitrogen and oxygen atoms in total. The molecule has 182 valence electrons. The molecular weight excluding hydrogens is 444 g/mol. The topological polar surface area (TPSA) is 115 Å². The predicted molar refractivity (Wildman–Crippen MR) is 134 cm³/mol. The van der Waals surface area contributed by atoms with Crippen molar-refractivity contribution >= 4 is 17.3 Å². The van der Waals surface area contributed by atoms with Crippen LogP contribution in [0.3, 0.4) is 0 Å². The molecule has 3 aromatic rings. The maximum Gasteiger partial charge on any atom is 0.189 e. The number of rotatable bonds is 7. The van der Waals surface area contributed by atoms with E-state index in [1.807, 2.05) is 30.3 Å². The van der Waals surface area contributed by atoms with Gasteiger partial charge in [0.25, 0.3) is 0 Å². The number of piperidine rings is 1. The number of nitrogen functional groups attached to an aromatic ring is 1. The zero-order chi connectivity index (χ0) is 24.0. The number of hydrogen-bond acceptors (Lipinski definition) is 9. The zero-order valence-electron chi connectivity index (χ0n) is 19.7. The zero-order valence-corrected chi connectivity index (χ0v) is 19.7. The Morgan fingerprint density at radius 3 is 2.66 bits per heavy atom. The van der Waals surface area contributed by atoms with E-state index in [2.05, 4.69) is 25.2 Å². The molecule has 5 rings (SSSR count). The number of hydrogen-bond donors (Lipinski definition) is 2. The first-order valence-corrected chi connectivity index (χ1v) is 12.1. The summed E-state index contributed by atoms with van der Waals surface area (Å²) in [5, 5.41) is 3.34. The molecule has 2 saturated heterocycles. The molecule has 0 aliphatic carbocycles. The van der Waals surface area contributed by atoms with Gasteiger partial charge in [-0.3, -0.25) is 9.78 Å². The first kappa shape index (κ1) is 23.2. The van der Waals surface area contributed by atoms with Crippen molar-refractivity contribution in [1.29, 1.82) is 0 Å². The molecule has 0 spiro atoms. The monoisotopic (exact) mass is 474 g/mol. The Bertz CT molecular complexity index is 1160. The summed E-state index contributed by atoms with van der Waals surface area (Å²) >= 11 is 0. The van der Waals surface area contributed by atoms with Crippen LogP contribution in [0.15, 0.2) is 48.9 Å². The van der Waals surface area contributed by atoms with Gasteiger partial charge in [0.1, 0.15) is 17.5 Å². The van der Waals surface area contributed by atoms with Crippen molar-refractivity contribution in [2.45, 2.75) is 25.4 Å². The first-order valence-electron chi connectivity index (χ1n) is 12.1. The van der Waals surface area contributed by atoms with Gasteiger partial charge in [-0.15, -0.1) is 0 Å². The maximum absolute atomic E-state index is 13.3. The first-order chi connectivity index (χ1) is 17.2. The Hall–Kier alpha value is -3.56. The molecule has 0 unspecified atom stereocenters. The second kappa shape index (κ2) is 10.8. The van der Waals surface area contributed by atoms with E-state index in [1.54, 1.807) is 18.6 Å². The van der Waals surface area contributed by atoms with Gasteiger partial charge < -0.3 is 25.4 Å². The van der Waals surface area contributed by atoms with E-state index in [0.29, 0.717) is 18.9 Å². The number of anilines is 2. The van der Waals surface area contributed by atoms with Gasteiger partial charge in [-0.05, 0) is 56.3 Å². The van der Waals surface area contributed by atoms with Crippen LogP contribution in [-0.4, -0.2) is 66.2 Å². The number of carbonyl (C=O) groups is 1. The molecular formula is C26H30N6O3. The smallest absolute Gasteiger partial charge is 0.189 e. The van der Waals surface area contributed by atoms with E-state index in [-0.39, 0.29) is 29.8 Å². The molecule has 35 heavy (non-hydrogen) atoms. The summed E-state index contributed by atoms with van der Waals surface area (Å²) < 4.78 is 11.5. The molecule has 2 aliphatic rings. The highest BCUT2D eigenvalue weighted by molar-refractivity contribution is 6.00. The Balaban J connectivity index is 1.32. The molecule has 0 bridgehead atoms. The number of benzene rings is 1. The number of ketones is 1. The van der Waals surface area contributed by atoms with Crippen molar-refractivity contribution < 1.29 is 14.3 Å². The van der Waals surface area contributed by atoms with Gasteiger partial charge in [0.15, 0.2) is 11.6 Å². The molecule has 2 aliphatic heterocycles. The summed E-state index contributed by atoms with van der Waals surface area (Å²) in [4.78, 5) is 28.5. The van der Waals surface area contributed by atoms with Crippen molar-refractivity contribution in [3.8, 4) is 17.0 Å². The molecule has 1 aromatic carbocycles. The fourth-order valence-corrected chi connectivity index (χ4v) is 4.48. The SMILES string of the molecule is Nc1ncc(-c2ccc(OC3CCNCC3)cc2)nc1C(=O)Cc1cnccc1N1CCOCC1. The highest BCUT2D eigenvalue weighted by atomic mass is 16.5. The van der Waals surface area contributed by atoms with E-state index < -0.39 is 0 Å². The Kier molecular flexibility index (Phi) is 7.15. The Morgan fingerprint density at radius 1 is 1.11 bits per heavy atom. The maximum atomic E-state index is 13.3. The Labute approximate surface area is 204 Å². The van der Waals surface area contributed by atoms with Crippen molar-refractivity contribution in [3.05, 3.63) is 60.2 Å². The number of pyridine rings is 1. The molecule has 0 radical (unpaired) electrons. The lowest BCUT2D eigenvalue weighted by Crippen LogP contribution is -2.37. The van der Waals surface area contributed by atoms with Gasteiger partial charge in [0.05, 0.1) is 25.1 Å². The summed E-state index contributed by atoms with van der Waals surface area (Å²) in [6.07, 6.45) is 7.45. The molecule has 2 aromatic heterocycles. The molecule has 0 amide bonds.